The van der Waals surface area contributed by atoms with Crippen LogP contribution in [-0.2, 0) is 10.1 Å². The molecule has 0 aromatic heterocycles. The van der Waals surface area contributed by atoms with Crippen LogP contribution < -0.4 is 0 Å². The summed E-state index contributed by atoms with van der Waals surface area (Å²) in [6.07, 6.45) is 0. The molecular formula is C13H10O6S. The average Bonchev–Trinajstić information content (AvgIpc) is 2.40. The molecule has 0 saturated carbocycles. The maximum atomic E-state index is 12.1. The monoisotopic (exact) mass is 294 g/mol. The first-order valence-corrected chi connectivity index (χ1v) is 6.88. The van der Waals surface area contributed by atoms with Crippen molar-refractivity contribution in [2.45, 2.75) is 4.90 Å². The number of benzene rings is 2. The lowest BCUT2D eigenvalue weighted by atomic mass is 10.0. The number of hydrogen-bond acceptors (Lipinski definition) is 5. The molecule has 104 valence electrons. The van der Waals surface area contributed by atoms with Gasteiger partial charge in [-0.1, -0.05) is 30.3 Å². The third kappa shape index (κ3) is 2.49. The lowest BCUT2D eigenvalue weighted by Gasteiger charge is -2.08. The summed E-state index contributed by atoms with van der Waals surface area (Å²) in [7, 11) is -4.68. The van der Waals surface area contributed by atoms with Gasteiger partial charge in [-0.05, 0) is 12.1 Å². The highest BCUT2D eigenvalue weighted by Gasteiger charge is 2.23. The molecule has 2 rings (SSSR count). The highest BCUT2D eigenvalue weighted by Crippen LogP contribution is 2.36. The molecule has 0 amide bonds. The predicted octanol–water partition coefficient (Wildman–Crippen LogP) is 1.58. The summed E-state index contributed by atoms with van der Waals surface area (Å²) < 4.78 is 30.8. The van der Waals surface area contributed by atoms with Crippen LogP contribution in [0, 0.1) is 0 Å². The van der Waals surface area contributed by atoms with Gasteiger partial charge in [-0.25, -0.2) is 0 Å². The van der Waals surface area contributed by atoms with Gasteiger partial charge in [0.25, 0.3) is 10.1 Å². The molecule has 2 aromatic rings. The van der Waals surface area contributed by atoms with E-state index in [0.717, 1.165) is 12.1 Å². The molecule has 3 N–H and O–H groups in total. The number of aromatic hydroxyl groups is 2. The summed E-state index contributed by atoms with van der Waals surface area (Å²) in [4.78, 5) is 11.2. The molecule has 0 unspecified atom stereocenters. The van der Waals surface area contributed by atoms with E-state index in [9.17, 15) is 23.4 Å². The van der Waals surface area contributed by atoms with Crippen molar-refractivity contribution in [1.82, 2.24) is 0 Å². The van der Waals surface area contributed by atoms with Crippen molar-refractivity contribution >= 4 is 15.9 Å². The van der Waals surface area contributed by atoms with Crippen LogP contribution in [-0.4, -0.2) is 29.0 Å². The normalized spacial score (nSPS) is 11.2. The zero-order valence-corrected chi connectivity index (χ0v) is 10.8. The third-order valence-corrected chi connectivity index (χ3v) is 3.56. The van der Waals surface area contributed by atoms with Gasteiger partial charge >= 0.3 is 0 Å². The van der Waals surface area contributed by atoms with Crippen LogP contribution >= 0.6 is 0 Å². The number of carbonyl (C=O) groups excluding carboxylic acids is 1. The van der Waals surface area contributed by atoms with Gasteiger partial charge in [0, 0.05) is 5.56 Å². The van der Waals surface area contributed by atoms with E-state index in [0.29, 0.717) is 0 Å². The van der Waals surface area contributed by atoms with Gasteiger partial charge in [-0.15, -0.1) is 0 Å². The van der Waals surface area contributed by atoms with E-state index < -0.39 is 32.3 Å². The Morgan fingerprint density at radius 1 is 0.900 bits per heavy atom. The van der Waals surface area contributed by atoms with Gasteiger partial charge in [-0.3, -0.25) is 9.35 Å². The molecule has 0 fully saturated rings. The standard InChI is InChI=1S/C13H10O6S/c14-11(8-4-2-1-3-5-8)9-6-7-10(20(17,18)19)13(16)12(9)15/h1-7,15-16H,(H,17,18,19). The van der Waals surface area contributed by atoms with Crippen LogP contribution in [0.1, 0.15) is 15.9 Å². The minimum atomic E-state index is -4.68. The second kappa shape index (κ2) is 4.95. The summed E-state index contributed by atoms with van der Waals surface area (Å²) in [5.41, 5.74) is 0.00269. The summed E-state index contributed by atoms with van der Waals surface area (Å²) >= 11 is 0. The summed E-state index contributed by atoms with van der Waals surface area (Å²) in [6.45, 7) is 0. The van der Waals surface area contributed by atoms with Crippen molar-refractivity contribution in [3.05, 3.63) is 53.6 Å². The smallest absolute Gasteiger partial charge is 0.298 e. The Labute approximate surface area is 114 Å². The van der Waals surface area contributed by atoms with Crippen molar-refractivity contribution < 1.29 is 28.0 Å². The molecule has 20 heavy (non-hydrogen) atoms. The first-order valence-electron chi connectivity index (χ1n) is 5.44. The van der Waals surface area contributed by atoms with Gasteiger partial charge in [0.15, 0.2) is 17.3 Å². The van der Waals surface area contributed by atoms with Crippen molar-refractivity contribution in [3.63, 3.8) is 0 Å². The Morgan fingerprint density at radius 3 is 2.05 bits per heavy atom. The second-order valence-electron chi connectivity index (χ2n) is 3.98. The zero-order valence-electron chi connectivity index (χ0n) is 10.0. The Bertz CT molecular complexity index is 765. The fourth-order valence-corrected chi connectivity index (χ4v) is 2.28. The van der Waals surface area contributed by atoms with Crippen molar-refractivity contribution in [1.29, 1.82) is 0 Å². The molecule has 0 spiro atoms. The molecule has 0 aliphatic heterocycles. The Balaban J connectivity index is 2.56. The molecule has 6 nitrogen and oxygen atoms in total. The lowest BCUT2D eigenvalue weighted by molar-refractivity contribution is 0.103. The molecule has 0 aliphatic carbocycles. The van der Waals surface area contributed by atoms with Crippen molar-refractivity contribution in [2.75, 3.05) is 0 Å². The van der Waals surface area contributed by atoms with Gasteiger partial charge in [0.1, 0.15) is 4.90 Å². The molecular weight excluding hydrogens is 284 g/mol. The quantitative estimate of drug-likeness (QED) is 0.450. The maximum Gasteiger partial charge on any atom is 0.298 e. The SMILES string of the molecule is O=C(c1ccccc1)c1ccc(S(=O)(=O)O)c(O)c1O. The number of phenolic OH excluding ortho intramolecular Hbond substituents is 2. The Kier molecular flexibility index (Phi) is 3.47. The summed E-state index contributed by atoms with van der Waals surface area (Å²) in [5.74, 6) is -2.54. The van der Waals surface area contributed by atoms with Gasteiger partial charge in [0.2, 0.25) is 0 Å². The Hall–Kier alpha value is -2.38. The van der Waals surface area contributed by atoms with Crippen LogP contribution in [0.4, 0.5) is 0 Å². The topological polar surface area (TPSA) is 112 Å². The molecule has 0 radical (unpaired) electrons. The van der Waals surface area contributed by atoms with E-state index in [4.69, 9.17) is 4.55 Å². The number of carbonyl (C=O) groups is 1. The van der Waals surface area contributed by atoms with Gasteiger partial charge in [-0.2, -0.15) is 8.42 Å². The molecule has 0 bridgehead atoms. The van der Waals surface area contributed by atoms with Crippen LogP contribution in [0.3, 0.4) is 0 Å². The first-order chi connectivity index (χ1) is 9.32. The van der Waals surface area contributed by atoms with Crippen LogP contribution in [0.5, 0.6) is 11.5 Å². The van der Waals surface area contributed by atoms with E-state index in [1.807, 2.05) is 0 Å². The largest absolute Gasteiger partial charge is 0.504 e. The first kappa shape index (κ1) is 14.0. The number of rotatable bonds is 3. The van der Waals surface area contributed by atoms with Crippen LogP contribution in [0.15, 0.2) is 47.4 Å². The Morgan fingerprint density at radius 2 is 1.50 bits per heavy atom. The average molecular weight is 294 g/mol. The van der Waals surface area contributed by atoms with Gasteiger partial charge in [0.05, 0.1) is 5.56 Å². The summed E-state index contributed by atoms with van der Waals surface area (Å²) in [6, 6.07) is 9.84. The van der Waals surface area contributed by atoms with Crippen molar-refractivity contribution in [2.24, 2.45) is 0 Å². The van der Waals surface area contributed by atoms with E-state index in [1.165, 1.54) is 12.1 Å². The van der Waals surface area contributed by atoms with Gasteiger partial charge < -0.3 is 10.2 Å². The fraction of sp³-hybridized carbons (Fsp3) is 0. The molecule has 0 atom stereocenters. The molecule has 7 heteroatoms. The highest BCUT2D eigenvalue weighted by molar-refractivity contribution is 7.86. The molecule has 0 heterocycles. The number of hydrogen-bond donors (Lipinski definition) is 3. The van der Waals surface area contributed by atoms with Crippen molar-refractivity contribution in [3.8, 4) is 11.5 Å². The molecule has 2 aromatic carbocycles. The minimum absolute atomic E-state index is 0.263. The number of ketones is 1. The number of phenols is 2. The summed E-state index contributed by atoms with van der Waals surface area (Å²) in [5, 5.41) is 19.3. The van der Waals surface area contributed by atoms with E-state index in [1.54, 1.807) is 18.2 Å². The van der Waals surface area contributed by atoms with E-state index >= 15 is 0 Å². The predicted molar refractivity (Wildman–Crippen MR) is 69.5 cm³/mol. The lowest BCUT2D eigenvalue weighted by Crippen LogP contribution is -2.04. The maximum absolute atomic E-state index is 12.1. The molecule has 0 aliphatic rings. The van der Waals surface area contributed by atoms with Crippen LogP contribution in [0.2, 0.25) is 0 Å². The minimum Gasteiger partial charge on any atom is -0.504 e. The second-order valence-corrected chi connectivity index (χ2v) is 5.37. The van der Waals surface area contributed by atoms with Crippen LogP contribution in [0.25, 0.3) is 0 Å². The van der Waals surface area contributed by atoms with E-state index in [2.05, 4.69) is 0 Å². The molecule has 0 saturated heterocycles. The fourth-order valence-electron chi connectivity index (χ4n) is 1.70. The third-order valence-electron chi connectivity index (χ3n) is 2.67. The highest BCUT2D eigenvalue weighted by atomic mass is 32.2. The zero-order chi connectivity index (χ0) is 14.9. The van der Waals surface area contributed by atoms with E-state index in [-0.39, 0.29) is 11.1 Å².